The quantitative estimate of drug-likeness (QED) is 0.814. The lowest BCUT2D eigenvalue weighted by atomic mass is 10.00. The number of alkyl halides is 3. The van der Waals surface area contributed by atoms with Crippen LogP contribution in [0.5, 0.6) is 5.75 Å². The summed E-state index contributed by atoms with van der Waals surface area (Å²) in [6.45, 7) is 1.02. The fourth-order valence-electron chi connectivity index (χ4n) is 3.13. The number of aromatic nitrogens is 2. The molecule has 1 fully saturated rings. The first-order valence-electron chi connectivity index (χ1n) is 8.54. The van der Waals surface area contributed by atoms with Crippen LogP contribution < -0.4 is 4.74 Å². The Hall–Kier alpha value is -2.51. The van der Waals surface area contributed by atoms with Gasteiger partial charge in [-0.3, -0.25) is 4.57 Å². The number of halogens is 3. The third-order valence-corrected chi connectivity index (χ3v) is 4.50. The van der Waals surface area contributed by atoms with Crippen LogP contribution in [0.15, 0.2) is 43.0 Å². The summed E-state index contributed by atoms with van der Waals surface area (Å²) in [5, 5.41) is 0. The van der Waals surface area contributed by atoms with Crippen LogP contribution in [-0.2, 0) is 6.18 Å². The van der Waals surface area contributed by atoms with Gasteiger partial charge in [-0.2, -0.15) is 13.2 Å². The highest BCUT2D eigenvalue weighted by Crippen LogP contribution is 2.30. The second kappa shape index (κ2) is 7.80. The fourth-order valence-corrected chi connectivity index (χ4v) is 3.13. The number of carbonyl (C=O) groups is 1. The Labute approximate surface area is 149 Å². The van der Waals surface area contributed by atoms with Crippen LogP contribution in [-0.4, -0.2) is 39.7 Å². The monoisotopic (exact) mass is 367 g/mol. The summed E-state index contributed by atoms with van der Waals surface area (Å²) in [5.41, 5.74) is -0.700. The molecule has 0 aliphatic carbocycles. The van der Waals surface area contributed by atoms with E-state index in [1.54, 1.807) is 12.4 Å². The van der Waals surface area contributed by atoms with E-state index in [1.165, 1.54) is 23.0 Å². The Kier molecular flexibility index (Phi) is 5.49. The van der Waals surface area contributed by atoms with Gasteiger partial charge in [-0.05, 0) is 43.5 Å². The van der Waals surface area contributed by atoms with Crippen molar-refractivity contribution in [3.05, 3.63) is 48.5 Å². The zero-order valence-electron chi connectivity index (χ0n) is 14.2. The molecule has 26 heavy (non-hydrogen) atoms. The SMILES string of the molecule is O=C(N1CCCCC1CCOc1ccc(C(F)(F)F)cc1)n1ccnc1. The lowest BCUT2D eigenvalue weighted by Gasteiger charge is -2.35. The molecule has 5 nitrogen and oxygen atoms in total. The Bertz CT molecular complexity index is 714. The first kappa shape index (κ1) is 18.3. The number of hydrogen-bond acceptors (Lipinski definition) is 3. The molecule has 2 aromatic rings. The molecule has 1 aromatic heterocycles. The summed E-state index contributed by atoms with van der Waals surface area (Å²) < 4.78 is 44.7. The molecule has 2 heterocycles. The number of ether oxygens (including phenoxy) is 1. The van der Waals surface area contributed by atoms with Gasteiger partial charge in [-0.15, -0.1) is 0 Å². The van der Waals surface area contributed by atoms with Gasteiger partial charge in [0.05, 0.1) is 12.2 Å². The van der Waals surface area contributed by atoms with Gasteiger partial charge in [0.1, 0.15) is 12.1 Å². The van der Waals surface area contributed by atoms with Crippen molar-refractivity contribution in [2.45, 2.75) is 37.9 Å². The van der Waals surface area contributed by atoms with Crippen molar-refractivity contribution >= 4 is 6.03 Å². The van der Waals surface area contributed by atoms with Crippen molar-refractivity contribution in [3.63, 3.8) is 0 Å². The number of nitrogens with zero attached hydrogens (tertiary/aromatic N) is 3. The summed E-state index contributed by atoms with van der Waals surface area (Å²) in [4.78, 5) is 18.3. The minimum absolute atomic E-state index is 0.0492. The third kappa shape index (κ3) is 4.36. The zero-order chi connectivity index (χ0) is 18.6. The van der Waals surface area contributed by atoms with Gasteiger partial charge in [-0.25, -0.2) is 9.78 Å². The predicted octanol–water partition coefficient (Wildman–Crippen LogP) is 4.19. The van der Waals surface area contributed by atoms with Gasteiger partial charge < -0.3 is 9.64 Å². The predicted molar refractivity (Wildman–Crippen MR) is 88.9 cm³/mol. The first-order valence-corrected chi connectivity index (χ1v) is 8.54. The van der Waals surface area contributed by atoms with Crippen LogP contribution in [0.1, 0.15) is 31.2 Å². The summed E-state index contributed by atoms with van der Waals surface area (Å²) in [6.07, 6.45) is 3.81. The molecule has 8 heteroatoms. The maximum atomic E-state index is 12.6. The molecular formula is C18H20F3N3O2. The van der Waals surface area contributed by atoms with E-state index in [2.05, 4.69) is 4.98 Å². The van der Waals surface area contributed by atoms with Gasteiger partial charge in [0.2, 0.25) is 0 Å². The average Bonchev–Trinajstić information content (AvgIpc) is 3.16. The minimum atomic E-state index is -4.35. The highest BCUT2D eigenvalue weighted by Gasteiger charge is 2.30. The Balaban J connectivity index is 1.55. The number of amides is 1. The van der Waals surface area contributed by atoms with Crippen molar-refractivity contribution in [2.24, 2.45) is 0 Å². The molecular weight excluding hydrogens is 347 g/mol. The van der Waals surface area contributed by atoms with E-state index in [4.69, 9.17) is 4.74 Å². The van der Waals surface area contributed by atoms with Gasteiger partial charge in [-0.1, -0.05) is 0 Å². The lowest BCUT2D eigenvalue weighted by molar-refractivity contribution is -0.137. The van der Waals surface area contributed by atoms with E-state index in [1.807, 2.05) is 4.90 Å². The number of carbonyl (C=O) groups excluding carboxylic acids is 1. The molecule has 1 amide bonds. The molecule has 0 N–H and O–H groups in total. The summed E-state index contributed by atoms with van der Waals surface area (Å²) >= 11 is 0. The van der Waals surface area contributed by atoms with Crippen LogP contribution in [0.2, 0.25) is 0 Å². The first-order chi connectivity index (χ1) is 12.4. The third-order valence-electron chi connectivity index (χ3n) is 4.50. The highest BCUT2D eigenvalue weighted by atomic mass is 19.4. The minimum Gasteiger partial charge on any atom is -0.494 e. The average molecular weight is 367 g/mol. The molecule has 3 rings (SSSR count). The van der Waals surface area contributed by atoms with Crippen LogP contribution in [0.25, 0.3) is 0 Å². The highest BCUT2D eigenvalue weighted by molar-refractivity contribution is 5.77. The summed E-state index contributed by atoms with van der Waals surface area (Å²) in [6, 6.07) is 4.58. The topological polar surface area (TPSA) is 47.4 Å². The van der Waals surface area contributed by atoms with Crippen molar-refractivity contribution in [1.82, 2.24) is 14.5 Å². The fraction of sp³-hybridized carbons (Fsp3) is 0.444. The number of imidazole rings is 1. The molecule has 0 saturated carbocycles. The van der Waals surface area contributed by atoms with Crippen LogP contribution in [0, 0.1) is 0 Å². The van der Waals surface area contributed by atoms with E-state index >= 15 is 0 Å². The van der Waals surface area contributed by atoms with E-state index in [9.17, 15) is 18.0 Å². The summed E-state index contributed by atoms with van der Waals surface area (Å²) in [5.74, 6) is 0.390. The number of likely N-dealkylation sites (tertiary alicyclic amines) is 1. The maximum Gasteiger partial charge on any atom is 0.416 e. The Morgan fingerprint density at radius 2 is 2.00 bits per heavy atom. The van der Waals surface area contributed by atoms with Crippen molar-refractivity contribution in [2.75, 3.05) is 13.2 Å². The molecule has 1 aliphatic rings. The van der Waals surface area contributed by atoms with Crippen molar-refractivity contribution in [1.29, 1.82) is 0 Å². The van der Waals surface area contributed by atoms with Gasteiger partial charge in [0.25, 0.3) is 0 Å². The number of hydrogen-bond donors (Lipinski definition) is 0. The molecule has 0 spiro atoms. The van der Waals surface area contributed by atoms with Crippen molar-refractivity contribution < 1.29 is 22.7 Å². The van der Waals surface area contributed by atoms with E-state index in [0.717, 1.165) is 31.4 Å². The molecule has 1 saturated heterocycles. The Morgan fingerprint density at radius 1 is 1.23 bits per heavy atom. The van der Waals surface area contributed by atoms with E-state index in [-0.39, 0.29) is 12.1 Å². The number of rotatable bonds is 4. The van der Waals surface area contributed by atoms with Crippen LogP contribution >= 0.6 is 0 Å². The van der Waals surface area contributed by atoms with E-state index in [0.29, 0.717) is 25.3 Å². The molecule has 1 aromatic carbocycles. The molecule has 1 aliphatic heterocycles. The van der Waals surface area contributed by atoms with Gasteiger partial charge in [0, 0.05) is 31.4 Å². The normalized spacial score (nSPS) is 18.0. The Morgan fingerprint density at radius 3 is 2.65 bits per heavy atom. The largest absolute Gasteiger partial charge is 0.494 e. The second-order valence-electron chi connectivity index (χ2n) is 6.25. The molecule has 0 radical (unpaired) electrons. The lowest BCUT2D eigenvalue weighted by Crippen LogP contribution is -2.46. The van der Waals surface area contributed by atoms with Crippen LogP contribution in [0.3, 0.4) is 0 Å². The maximum absolute atomic E-state index is 12.6. The van der Waals surface area contributed by atoms with Crippen molar-refractivity contribution in [3.8, 4) is 5.75 Å². The van der Waals surface area contributed by atoms with Gasteiger partial charge in [0.15, 0.2) is 0 Å². The number of benzene rings is 1. The molecule has 1 atom stereocenters. The second-order valence-corrected chi connectivity index (χ2v) is 6.25. The van der Waals surface area contributed by atoms with Crippen LogP contribution in [0.4, 0.5) is 18.0 Å². The molecule has 140 valence electrons. The van der Waals surface area contributed by atoms with E-state index < -0.39 is 11.7 Å². The standard InChI is InChI=1S/C18H20F3N3O2/c19-18(20,21)14-4-6-16(7-5-14)26-12-8-15-3-1-2-10-24(15)17(25)23-11-9-22-13-23/h4-7,9,11,13,15H,1-3,8,10,12H2. The zero-order valence-corrected chi connectivity index (χ0v) is 14.2. The summed E-state index contributed by atoms with van der Waals surface area (Å²) in [7, 11) is 0. The van der Waals surface area contributed by atoms with Gasteiger partial charge >= 0.3 is 12.2 Å². The molecule has 0 bridgehead atoms. The molecule has 1 unspecified atom stereocenters. The smallest absolute Gasteiger partial charge is 0.416 e. The number of piperidine rings is 1.